The molecule has 0 unspecified atom stereocenters. The van der Waals surface area contributed by atoms with Gasteiger partial charge in [-0.15, -0.1) is 0 Å². The summed E-state index contributed by atoms with van der Waals surface area (Å²) in [6.07, 6.45) is 4.62. The lowest BCUT2D eigenvalue weighted by atomic mass is 10.1. The standard InChI is InChI=1S/C26H18FN5O/c27-22-7-3-2-6-21(22)19-13-20(16-28-15-19)30-26(33)18-11-12-29-25(14-18)32-24-10-9-17-5-1-4-8-23(17)31-24/h1-16H,(H,30,33)(H,29,31,32). The van der Waals surface area contributed by atoms with Crippen LogP contribution in [0.4, 0.5) is 21.7 Å². The van der Waals surface area contributed by atoms with Crippen LogP contribution in [-0.4, -0.2) is 20.9 Å². The number of halogens is 1. The van der Waals surface area contributed by atoms with Crippen molar-refractivity contribution in [3.05, 3.63) is 109 Å². The van der Waals surface area contributed by atoms with Crippen LogP contribution < -0.4 is 10.6 Å². The minimum absolute atomic E-state index is 0.334. The van der Waals surface area contributed by atoms with E-state index in [0.29, 0.717) is 34.0 Å². The molecule has 0 bridgehead atoms. The Morgan fingerprint density at radius 3 is 2.61 bits per heavy atom. The van der Waals surface area contributed by atoms with Gasteiger partial charge in [0.05, 0.1) is 17.4 Å². The van der Waals surface area contributed by atoms with Crippen LogP contribution in [0.25, 0.3) is 22.0 Å². The molecule has 0 spiro atoms. The summed E-state index contributed by atoms with van der Waals surface area (Å²) in [6, 6.07) is 23.0. The van der Waals surface area contributed by atoms with Crippen molar-refractivity contribution in [1.29, 1.82) is 0 Å². The first kappa shape index (κ1) is 20.3. The first-order chi connectivity index (χ1) is 16.2. The molecule has 2 N–H and O–H groups in total. The molecule has 0 fully saturated rings. The Kier molecular flexibility index (Phi) is 5.43. The van der Waals surface area contributed by atoms with E-state index in [1.807, 2.05) is 36.4 Å². The van der Waals surface area contributed by atoms with Crippen molar-refractivity contribution in [1.82, 2.24) is 15.0 Å². The van der Waals surface area contributed by atoms with Crippen molar-refractivity contribution in [2.24, 2.45) is 0 Å². The normalized spacial score (nSPS) is 10.7. The summed E-state index contributed by atoms with van der Waals surface area (Å²) in [6.45, 7) is 0. The SMILES string of the molecule is O=C(Nc1cncc(-c2ccccc2F)c1)c1ccnc(Nc2ccc3ccccc3n2)c1. The van der Waals surface area contributed by atoms with E-state index in [9.17, 15) is 9.18 Å². The third-order valence-electron chi connectivity index (χ3n) is 5.06. The van der Waals surface area contributed by atoms with Gasteiger partial charge in [0.25, 0.3) is 5.91 Å². The van der Waals surface area contributed by atoms with E-state index in [1.54, 1.807) is 48.8 Å². The summed E-state index contributed by atoms with van der Waals surface area (Å²) in [4.78, 5) is 25.8. The largest absolute Gasteiger partial charge is 0.325 e. The van der Waals surface area contributed by atoms with E-state index in [0.717, 1.165) is 10.9 Å². The molecule has 5 aromatic rings. The van der Waals surface area contributed by atoms with Gasteiger partial charge in [-0.1, -0.05) is 36.4 Å². The number of carbonyl (C=O) groups excluding carboxylic acids is 1. The van der Waals surface area contributed by atoms with Crippen molar-refractivity contribution in [3.8, 4) is 11.1 Å². The number of amides is 1. The number of nitrogens with zero attached hydrogens (tertiary/aromatic N) is 3. The van der Waals surface area contributed by atoms with Crippen LogP contribution in [0.1, 0.15) is 10.4 Å². The number of para-hydroxylation sites is 1. The predicted octanol–water partition coefficient (Wildman–Crippen LogP) is 5.83. The summed E-state index contributed by atoms with van der Waals surface area (Å²) in [5, 5.41) is 6.98. The summed E-state index contributed by atoms with van der Waals surface area (Å²) in [7, 11) is 0. The maximum atomic E-state index is 14.1. The number of carbonyl (C=O) groups is 1. The van der Waals surface area contributed by atoms with Gasteiger partial charge in [-0.25, -0.2) is 14.4 Å². The van der Waals surface area contributed by atoms with Gasteiger partial charge in [-0.2, -0.15) is 0 Å². The number of hydrogen-bond acceptors (Lipinski definition) is 5. The summed E-state index contributed by atoms with van der Waals surface area (Å²) >= 11 is 0. The molecule has 0 radical (unpaired) electrons. The van der Waals surface area contributed by atoms with E-state index in [1.165, 1.54) is 12.3 Å². The third kappa shape index (κ3) is 4.52. The van der Waals surface area contributed by atoms with E-state index in [4.69, 9.17) is 0 Å². The zero-order valence-electron chi connectivity index (χ0n) is 17.4. The molecule has 33 heavy (non-hydrogen) atoms. The highest BCUT2D eigenvalue weighted by Crippen LogP contribution is 2.24. The summed E-state index contributed by atoms with van der Waals surface area (Å²) in [5.41, 5.74) is 2.72. The molecule has 0 saturated carbocycles. The molecule has 0 atom stereocenters. The number of rotatable bonds is 5. The van der Waals surface area contributed by atoms with Crippen LogP contribution in [0, 0.1) is 5.82 Å². The molecule has 3 heterocycles. The molecule has 6 nitrogen and oxygen atoms in total. The predicted molar refractivity (Wildman–Crippen MR) is 127 cm³/mol. The number of nitrogens with one attached hydrogen (secondary N) is 2. The number of fused-ring (bicyclic) bond motifs is 1. The Hall–Kier alpha value is -4.65. The Morgan fingerprint density at radius 1 is 0.848 bits per heavy atom. The lowest BCUT2D eigenvalue weighted by Crippen LogP contribution is -2.12. The lowest BCUT2D eigenvalue weighted by molar-refractivity contribution is 0.102. The second-order valence-corrected chi connectivity index (χ2v) is 7.34. The minimum atomic E-state index is -0.352. The van der Waals surface area contributed by atoms with Crippen molar-refractivity contribution in [2.75, 3.05) is 10.6 Å². The highest BCUT2D eigenvalue weighted by molar-refractivity contribution is 6.04. The fourth-order valence-corrected chi connectivity index (χ4v) is 3.46. The van der Waals surface area contributed by atoms with E-state index in [2.05, 4.69) is 25.6 Å². The molecule has 0 saturated heterocycles. The molecule has 1 amide bonds. The van der Waals surface area contributed by atoms with Crippen molar-refractivity contribution < 1.29 is 9.18 Å². The van der Waals surface area contributed by atoms with Crippen LogP contribution in [0.15, 0.2) is 97.5 Å². The monoisotopic (exact) mass is 435 g/mol. The molecule has 0 aliphatic carbocycles. The maximum Gasteiger partial charge on any atom is 0.255 e. The van der Waals surface area contributed by atoms with Gasteiger partial charge in [-0.05, 0) is 42.5 Å². The second kappa shape index (κ2) is 8.84. The molecular formula is C26H18FN5O. The van der Waals surface area contributed by atoms with Gasteiger partial charge in [0.2, 0.25) is 0 Å². The van der Waals surface area contributed by atoms with E-state index in [-0.39, 0.29) is 11.7 Å². The second-order valence-electron chi connectivity index (χ2n) is 7.34. The van der Waals surface area contributed by atoms with Crippen molar-refractivity contribution in [2.45, 2.75) is 0 Å². The van der Waals surface area contributed by atoms with E-state index < -0.39 is 0 Å². The van der Waals surface area contributed by atoms with Gasteiger partial charge in [0, 0.05) is 34.5 Å². The van der Waals surface area contributed by atoms with Gasteiger partial charge < -0.3 is 10.6 Å². The fourth-order valence-electron chi connectivity index (χ4n) is 3.46. The molecule has 3 aromatic heterocycles. The van der Waals surface area contributed by atoms with Gasteiger partial charge >= 0.3 is 0 Å². The lowest BCUT2D eigenvalue weighted by Gasteiger charge is -2.10. The molecule has 160 valence electrons. The number of benzene rings is 2. The molecule has 2 aromatic carbocycles. The Morgan fingerprint density at radius 2 is 1.70 bits per heavy atom. The number of aromatic nitrogens is 3. The van der Waals surface area contributed by atoms with Crippen LogP contribution in [0.5, 0.6) is 0 Å². The van der Waals surface area contributed by atoms with Gasteiger partial charge in [0.15, 0.2) is 0 Å². The molecular weight excluding hydrogens is 417 g/mol. The van der Waals surface area contributed by atoms with Crippen LogP contribution in [-0.2, 0) is 0 Å². The first-order valence-corrected chi connectivity index (χ1v) is 10.3. The Bertz CT molecular complexity index is 1470. The average Bonchev–Trinajstić information content (AvgIpc) is 2.84. The van der Waals surface area contributed by atoms with Crippen molar-refractivity contribution in [3.63, 3.8) is 0 Å². The van der Waals surface area contributed by atoms with E-state index >= 15 is 0 Å². The minimum Gasteiger partial charge on any atom is -0.325 e. The quantitative estimate of drug-likeness (QED) is 0.363. The molecule has 0 aliphatic rings. The fraction of sp³-hybridized carbons (Fsp3) is 0. The van der Waals surface area contributed by atoms with Crippen molar-refractivity contribution >= 4 is 34.1 Å². The maximum absolute atomic E-state index is 14.1. The Balaban J connectivity index is 1.34. The van der Waals surface area contributed by atoms with Gasteiger partial charge in [-0.3, -0.25) is 9.78 Å². The van der Waals surface area contributed by atoms with Crippen LogP contribution in [0.2, 0.25) is 0 Å². The molecule has 5 rings (SSSR count). The highest BCUT2D eigenvalue weighted by atomic mass is 19.1. The average molecular weight is 435 g/mol. The smallest absolute Gasteiger partial charge is 0.255 e. The van der Waals surface area contributed by atoms with Crippen LogP contribution >= 0.6 is 0 Å². The zero-order valence-corrected chi connectivity index (χ0v) is 17.4. The molecule has 7 heteroatoms. The Labute approximate surface area is 189 Å². The summed E-state index contributed by atoms with van der Waals surface area (Å²) in [5.74, 6) is 0.429. The zero-order chi connectivity index (χ0) is 22.6. The third-order valence-corrected chi connectivity index (χ3v) is 5.06. The number of pyridine rings is 3. The summed E-state index contributed by atoms with van der Waals surface area (Å²) < 4.78 is 14.1. The number of hydrogen-bond donors (Lipinski definition) is 2. The first-order valence-electron chi connectivity index (χ1n) is 10.3. The van der Waals surface area contributed by atoms with Crippen LogP contribution in [0.3, 0.4) is 0 Å². The highest BCUT2D eigenvalue weighted by Gasteiger charge is 2.11. The topological polar surface area (TPSA) is 79.8 Å². The number of anilines is 3. The van der Waals surface area contributed by atoms with Gasteiger partial charge in [0.1, 0.15) is 17.5 Å². The molecule has 0 aliphatic heterocycles.